The summed E-state index contributed by atoms with van der Waals surface area (Å²) in [7, 11) is 0. The number of carbonyl (C=O) groups excluding carboxylic acids is 1. The van der Waals surface area contributed by atoms with Gasteiger partial charge in [-0.3, -0.25) is 9.59 Å². The van der Waals surface area contributed by atoms with Crippen molar-refractivity contribution >= 4 is 17.7 Å². The molecule has 1 amide bonds. The lowest BCUT2D eigenvalue weighted by Crippen LogP contribution is -2.28. The third kappa shape index (κ3) is 6.33. The van der Waals surface area contributed by atoms with Gasteiger partial charge in [0.1, 0.15) is 0 Å². The maximum Gasteiger partial charge on any atom is 0.251 e. The van der Waals surface area contributed by atoms with Crippen LogP contribution in [-0.4, -0.2) is 22.4 Å². The van der Waals surface area contributed by atoms with Crippen molar-refractivity contribution in [3.05, 3.63) is 93.4 Å². The van der Waals surface area contributed by atoms with Gasteiger partial charge in [0.05, 0.1) is 23.7 Å². The Bertz CT molecular complexity index is 1070. The van der Waals surface area contributed by atoms with E-state index in [0.717, 1.165) is 17.5 Å². The van der Waals surface area contributed by atoms with Gasteiger partial charge in [0.25, 0.3) is 5.56 Å². The molecule has 0 aliphatic heterocycles. The lowest BCUT2D eigenvalue weighted by molar-refractivity contribution is -0.120. The van der Waals surface area contributed by atoms with E-state index in [-0.39, 0.29) is 17.9 Å². The van der Waals surface area contributed by atoms with Gasteiger partial charge < -0.3 is 10.3 Å². The van der Waals surface area contributed by atoms with Gasteiger partial charge in [0.15, 0.2) is 5.16 Å². The Balaban J connectivity index is 1.56. The predicted octanol–water partition coefficient (Wildman–Crippen LogP) is 2.84. The van der Waals surface area contributed by atoms with Gasteiger partial charge in [-0.05, 0) is 23.6 Å². The van der Waals surface area contributed by atoms with Crippen molar-refractivity contribution in [2.45, 2.75) is 23.8 Å². The molecular formula is C22H20N4O2S. The predicted molar refractivity (Wildman–Crippen MR) is 112 cm³/mol. The lowest BCUT2D eigenvalue weighted by Gasteiger charge is -2.07. The summed E-state index contributed by atoms with van der Waals surface area (Å²) in [6.07, 6.45) is 0.788. The molecule has 0 fully saturated rings. The van der Waals surface area contributed by atoms with Crippen LogP contribution >= 0.6 is 11.8 Å². The molecule has 3 aromatic rings. The Hall–Kier alpha value is -3.37. The Morgan fingerprint density at radius 3 is 2.69 bits per heavy atom. The molecule has 2 aromatic carbocycles. The summed E-state index contributed by atoms with van der Waals surface area (Å²) in [6.45, 7) is 0.526. The minimum Gasteiger partial charge on any atom is -0.355 e. The van der Waals surface area contributed by atoms with E-state index in [2.05, 4.69) is 21.4 Å². The third-order valence-corrected chi connectivity index (χ3v) is 5.12. The number of H-pyrrole nitrogens is 1. The van der Waals surface area contributed by atoms with E-state index in [9.17, 15) is 9.59 Å². The number of carbonyl (C=O) groups is 1. The standard InChI is InChI=1S/C22H20N4O2S/c23-14-17-8-4-5-9-18(17)15-29-22-25-19(13-21(28)26-22)12-20(27)24-11-10-16-6-2-1-3-7-16/h1-9,13H,10-12,15H2,(H,24,27)(H,25,26,28). The third-order valence-electron chi connectivity index (χ3n) is 4.20. The molecule has 29 heavy (non-hydrogen) atoms. The second kappa shape index (κ2) is 10.2. The topological polar surface area (TPSA) is 98.6 Å². The second-order valence-electron chi connectivity index (χ2n) is 6.36. The van der Waals surface area contributed by atoms with Gasteiger partial charge in [-0.1, -0.05) is 60.3 Å². The van der Waals surface area contributed by atoms with Crippen molar-refractivity contribution < 1.29 is 4.79 Å². The van der Waals surface area contributed by atoms with Crippen molar-refractivity contribution in [3.63, 3.8) is 0 Å². The summed E-state index contributed by atoms with van der Waals surface area (Å²) < 4.78 is 0. The molecule has 3 rings (SSSR count). The van der Waals surface area contributed by atoms with Crippen molar-refractivity contribution in [1.82, 2.24) is 15.3 Å². The first-order chi connectivity index (χ1) is 14.1. The van der Waals surface area contributed by atoms with E-state index >= 15 is 0 Å². The molecule has 0 saturated heterocycles. The summed E-state index contributed by atoms with van der Waals surface area (Å²) in [5, 5.41) is 12.5. The van der Waals surface area contributed by atoms with Gasteiger partial charge in [-0.2, -0.15) is 5.26 Å². The molecule has 1 aromatic heterocycles. The fourth-order valence-corrected chi connectivity index (χ4v) is 3.66. The summed E-state index contributed by atoms with van der Waals surface area (Å²) in [6, 6.07) is 20.7. The van der Waals surface area contributed by atoms with E-state index in [4.69, 9.17) is 5.26 Å². The number of thioether (sulfide) groups is 1. The molecule has 6 nitrogen and oxygen atoms in total. The molecule has 0 bridgehead atoms. The number of aromatic amines is 1. The number of benzene rings is 2. The average molecular weight is 404 g/mol. The number of nitriles is 1. The number of nitrogens with zero attached hydrogens (tertiary/aromatic N) is 2. The van der Waals surface area contributed by atoms with Gasteiger partial charge in [0.2, 0.25) is 5.91 Å². The molecule has 0 unspecified atom stereocenters. The number of aromatic nitrogens is 2. The SMILES string of the molecule is N#Cc1ccccc1CSc1nc(CC(=O)NCCc2ccccc2)cc(=O)[nH]1. The van der Waals surface area contributed by atoms with Crippen molar-refractivity contribution in [3.8, 4) is 6.07 Å². The van der Waals surface area contributed by atoms with Gasteiger partial charge in [0, 0.05) is 18.4 Å². The average Bonchev–Trinajstić information content (AvgIpc) is 2.73. The number of amides is 1. The Morgan fingerprint density at radius 2 is 1.90 bits per heavy atom. The van der Waals surface area contributed by atoms with E-state index in [1.54, 1.807) is 6.07 Å². The molecule has 146 valence electrons. The zero-order chi connectivity index (χ0) is 20.5. The van der Waals surface area contributed by atoms with E-state index in [1.807, 2.05) is 48.5 Å². The molecule has 1 heterocycles. The highest BCUT2D eigenvalue weighted by Gasteiger charge is 2.09. The van der Waals surface area contributed by atoms with Crippen LogP contribution in [0.25, 0.3) is 0 Å². The highest BCUT2D eigenvalue weighted by Crippen LogP contribution is 2.20. The van der Waals surface area contributed by atoms with Crippen LogP contribution in [-0.2, 0) is 23.4 Å². The Morgan fingerprint density at radius 1 is 1.14 bits per heavy atom. The highest BCUT2D eigenvalue weighted by molar-refractivity contribution is 7.98. The second-order valence-corrected chi connectivity index (χ2v) is 7.33. The van der Waals surface area contributed by atoms with Gasteiger partial charge >= 0.3 is 0 Å². The van der Waals surface area contributed by atoms with Crippen LogP contribution in [0.1, 0.15) is 22.4 Å². The molecule has 0 saturated carbocycles. The maximum atomic E-state index is 12.2. The Labute approximate surface area is 173 Å². The molecule has 7 heteroatoms. The zero-order valence-corrected chi connectivity index (χ0v) is 16.5. The first-order valence-electron chi connectivity index (χ1n) is 9.16. The van der Waals surface area contributed by atoms with Crippen molar-refractivity contribution in [2.75, 3.05) is 6.54 Å². The fourth-order valence-electron chi connectivity index (χ4n) is 2.76. The van der Waals surface area contributed by atoms with Crippen LogP contribution < -0.4 is 10.9 Å². The molecule has 0 spiro atoms. The number of hydrogen-bond donors (Lipinski definition) is 2. The summed E-state index contributed by atoms with van der Waals surface area (Å²) in [5.41, 5.74) is 2.73. The number of rotatable bonds is 8. The number of hydrogen-bond acceptors (Lipinski definition) is 5. The number of nitrogens with one attached hydrogen (secondary N) is 2. The van der Waals surface area contributed by atoms with Crippen molar-refractivity contribution in [1.29, 1.82) is 5.26 Å². The Kier molecular flexibility index (Phi) is 7.20. The quantitative estimate of drug-likeness (QED) is 0.444. The molecule has 0 aliphatic rings. The smallest absolute Gasteiger partial charge is 0.251 e. The maximum absolute atomic E-state index is 12.2. The van der Waals surface area contributed by atoms with Crippen LogP contribution in [0.2, 0.25) is 0 Å². The van der Waals surface area contributed by atoms with Crippen LogP contribution in [0.5, 0.6) is 0 Å². The zero-order valence-electron chi connectivity index (χ0n) is 15.7. The fraction of sp³-hybridized carbons (Fsp3) is 0.182. The van der Waals surface area contributed by atoms with Crippen LogP contribution in [0.4, 0.5) is 0 Å². The molecule has 0 aliphatic carbocycles. The molecule has 0 radical (unpaired) electrons. The van der Waals surface area contributed by atoms with Crippen molar-refractivity contribution in [2.24, 2.45) is 0 Å². The first kappa shape index (κ1) is 20.4. The largest absolute Gasteiger partial charge is 0.355 e. The summed E-state index contributed by atoms with van der Waals surface area (Å²) in [5.74, 6) is 0.323. The van der Waals surface area contributed by atoms with Crippen LogP contribution in [0, 0.1) is 11.3 Å². The van der Waals surface area contributed by atoms with Gasteiger partial charge in [-0.15, -0.1) is 0 Å². The molecule has 0 atom stereocenters. The van der Waals surface area contributed by atoms with Crippen LogP contribution in [0.3, 0.4) is 0 Å². The lowest BCUT2D eigenvalue weighted by atomic mass is 10.1. The normalized spacial score (nSPS) is 10.3. The molecule has 2 N–H and O–H groups in total. The van der Waals surface area contributed by atoms with E-state index < -0.39 is 0 Å². The monoisotopic (exact) mass is 404 g/mol. The van der Waals surface area contributed by atoms with Crippen LogP contribution in [0.15, 0.2) is 70.6 Å². The van der Waals surface area contributed by atoms with E-state index in [0.29, 0.717) is 28.7 Å². The van der Waals surface area contributed by atoms with Gasteiger partial charge in [-0.25, -0.2) is 4.98 Å². The highest BCUT2D eigenvalue weighted by atomic mass is 32.2. The minimum absolute atomic E-state index is 0.0427. The molecular weight excluding hydrogens is 384 g/mol. The first-order valence-corrected chi connectivity index (χ1v) is 10.1. The summed E-state index contributed by atoms with van der Waals surface area (Å²) in [4.78, 5) is 31.2. The van der Waals surface area contributed by atoms with E-state index in [1.165, 1.54) is 17.8 Å². The minimum atomic E-state index is -0.303. The summed E-state index contributed by atoms with van der Waals surface area (Å²) >= 11 is 1.32.